The maximum atomic E-state index is 5.87. The molecule has 0 aliphatic heterocycles. The second kappa shape index (κ2) is 3.80. The van der Waals surface area contributed by atoms with E-state index in [0.29, 0.717) is 5.02 Å². The lowest BCUT2D eigenvalue weighted by molar-refractivity contribution is 1.14. The number of aromatic nitrogens is 2. The molecule has 0 amide bonds. The van der Waals surface area contributed by atoms with Gasteiger partial charge in [-0.2, -0.15) is 0 Å². The zero-order chi connectivity index (χ0) is 9.97. The van der Waals surface area contributed by atoms with Crippen LogP contribution in [-0.2, 0) is 0 Å². The third-order valence-corrected chi connectivity index (χ3v) is 2.18. The SMILES string of the molecule is CCNc1ncnc2cc(Cl)ccc12. The number of nitrogens with one attached hydrogen (secondary N) is 1. The monoisotopic (exact) mass is 207 g/mol. The van der Waals surface area contributed by atoms with Crippen molar-refractivity contribution in [1.29, 1.82) is 0 Å². The van der Waals surface area contributed by atoms with Gasteiger partial charge in [0.2, 0.25) is 0 Å². The molecule has 0 aliphatic rings. The van der Waals surface area contributed by atoms with E-state index >= 15 is 0 Å². The van der Waals surface area contributed by atoms with Gasteiger partial charge in [-0.25, -0.2) is 9.97 Å². The molecule has 2 rings (SSSR count). The van der Waals surface area contributed by atoms with E-state index < -0.39 is 0 Å². The summed E-state index contributed by atoms with van der Waals surface area (Å²) in [5.74, 6) is 0.856. The second-order valence-corrected chi connectivity index (χ2v) is 3.35. The van der Waals surface area contributed by atoms with Crippen molar-refractivity contribution in [2.24, 2.45) is 0 Å². The van der Waals surface area contributed by atoms with Crippen molar-refractivity contribution >= 4 is 28.3 Å². The van der Waals surface area contributed by atoms with Crippen molar-refractivity contribution in [1.82, 2.24) is 9.97 Å². The van der Waals surface area contributed by atoms with Gasteiger partial charge >= 0.3 is 0 Å². The molecular formula is C10H10ClN3. The van der Waals surface area contributed by atoms with Crippen molar-refractivity contribution in [2.45, 2.75) is 6.92 Å². The minimum atomic E-state index is 0.693. The van der Waals surface area contributed by atoms with Crippen molar-refractivity contribution in [3.05, 3.63) is 29.5 Å². The fraction of sp³-hybridized carbons (Fsp3) is 0.200. The Hall–Kier alpha value is -1.35. The van der Waals surface area contributed by atoms with Crippen LogP contribution < -0.4 is 5.32 Å². The molecule has 0 fully saturated rings. The molecule has 0 atom stereocenters. The Balaban J connectivity index is 2.62. The molecule has 1 heterocycles. The van der Waals surface area contributed by atoms with Crippen molar-refractivity contribution < 1.29 is 0 Å². The Morgan fingerprint density at radius 3 is 3.00 bits per heavy atom. The van der Waals surface area contributed by atoms with Gasteiger partial charge in [0.15, 0.2) is 0 Å². The van der Waals surface area contributed by atoms with Crippen molar-refractivity contribution in [3.8, 4) is 0 Å². The molecule has 4 heteroatoms. The fourth-order valence-corrected chi connectivity index (χ4v) is 1.50. The first-order valence-electron chi connectivity index (χ1n) is 4.45. The maximum absolute atomic E-state index is 5.87. The van der Waals surface area contributed by atoms with Crippen molar-refractivity contribution in [3.63, 3.8) is 0 Å². The predicted molar refractivity (Wildman–Crippen MR) is 58.7 cm³/mol. The molecule has 2 aromatic rings. The number of benzene rings is 1. The third-order valence-electron chi connectivity index (χ3n) is 1.94. The summed E-state index contributed by atoms with van der Waals surface area (Å²) in [6, 6.07) is 5.60. The van der Waals surface area contributed by atoms with Gasteiger partial charge in [-0.3, -0.25) is 0 Å². The summed E-state index contributed by atoms with van der Waals surface area (Å²) in [6.45, 7) is 2.87. The number of halogens is 1. The summed E-state index contributed by atoms with van der Waals surface area (Å²) < 4.78 is 0. The highest BCUT2D eigenvalue weighted by Crippen LogP contribution is 2.21. The van der Waals surface area contributed by atoms with Crippen LogP contribution in [0.1, 0.15) is 6.92 Å². The Morgan fingerprint density at radius 2 is 2.21 bits per heavy atom. The summed E-state index contributed by atoms with van der Waals surface area (Å²) in [5, 5.41) is 4.87. The van der Waals surface area contributed by atoms with Crippen LogP contribution in [-0.4, -0.2) is 16.5 Å². The number of hydrogen-bond donors (Lipinski definition) is 1. The van der Waals surface area contributed by atoms with Gasteiger partial charge < -0.3 is 5.32 Å². The largest absolute Gasteiger partial charge is 0.370 e. The zero-order valence-electron chi connectivity index (χ0n) is 7.79. The lowest BCUT2D eigenvalue weighted by atomic mass is 10.2. The second-order valence-electron chi connectivity index (χ2n) is 2.91. The lowest BCUT2D eigenvalue weighted by Crippen LogP contribution is -2.00. The standard InChI is InChI=1S/C10H10ClN3/c1-2-12-10-8-4-3-7(11)5-9(8)13-6-14-10/h3-6H,2H2,1H3,(H,12,13,14). The van der Waals surface area contributed by atoms with Gasteiger partial charge in [0.25, 0.3) is 0 Å². The van der Waals surface area contributed by atoms with Crippen LogP contribution in [0, 0.1) is 0 Å². The highest BCUT2D eigenvalue weighted by atomic mass is 35.5. The summed E-state index contributed by atoms with van der Waals surface area (Å²) in [4.78, 5) is 8.31. The molecule has 14 heavy (non-hydrogen) atoms. The van der Waals surface area contributed by atoms with E-state index in [1.54, 1.807) is 0 Å². The quantitative estimate of drug-likeness (QED) is 0.823. The van der Waals surface area contributed by atoms with E-state index in [4.69, 9.17) is 11.6 Å². The number of rotatable bonds is 2. The minimum absolute atomic E-state index is 0.693. The molecule has 0 unspecified atom stereocenters. The summed E-state index contributed by atoms with van der Waals surface area (Å²) in [7, 11) is 0. The van der Waals surface area contributed by atoms with Crippen molar-refractivity contribution in [2.75, 3.05) is 11.9 Å². The minimum Gasteiger partial charge on any atom is -0.370 e. The smallest absolute Gasteiger partial charge is 0.137 e. The number of hydrogen-bond acceptors (Lipinski definition) is 3. The molecule has 0 bridgehead atoms. The van der Waals surface area contributed by atoms with Gasteiger partial charge in [0.1, 0.15) is 12.1 Å². The fourth-order valence-electron chi connectivity index (χ4n) is 1.34. The molecule has 0 saturated heterocycles. The van der Waals surface area contributed by atoms with Crippen LogP contribution in [0.2, 0.25) is 5.02 Å². The van der Waals surface area contributed by atoms with Crippen LogP contribution in [0.4, 0.5) is 5.82 Å². The van der Waals surface area contributed by atoms with Crippen LogP contribution in [0.15, 0.2) is 24.5 Å². The molecule has 0 saturated carbocycles. The summed E-state index contributed by atoms with van der Waals surface area (Å²) in [6.07, 6.45) is 1.54. The Bertz CT molecular complexity index is 456. The topological polar surface area (TPSA) is 37.8 Å². The zero-order valence-corrected chi connectivity index (χ0v) is 8.54. The van der Waals surface area contributed by atoms with E-state index in [-0.39, 0.29) is 0 Å². The molecule has 0 radical (unpaired) electrons. The van der Waals surface area contributed by atoms with Crippen LogP contribution in [0.25, 0.3) is 10.9 Å². The van der Waals surface area contributed by atoms with Crippen LogP contribution in [0.5, 0.6) is 0 Å². The van der Waals surface area contributed by atoms with Gasteiger partial charge in [0, 0.05) is 17.0 Å². The predicted octanol–water partition coefficient (Wildman–Crippen LogP) is 2.72. The first-order valence-corrected chi connectivity index (χ1v) is 4.83. The van der Waals surface area contributed by atoms with Gasteiger partial charge in [-0.15, -0.1) is 0 Å². The molecular weight excluding hydrogens is 198 g/mol. The lowest BCUT2D eigenvalue weighted by Gasteiger charge is -2.05. The normalized spacial score (nSPS) is 10.4. The van der Waals surface area contributed by atoms with E-state index in [9.17, 15) is 0 Å². The maximum Gasteiger partial charge on any atom is 0.137 e. The number of anilines is 1. The molecule has 0 aliphatic carbocycles. The average molecular weight is 208 g/mol. The Labute approximate surface area is 87.1 Å². The highest BCUT2D eigenvalue weighted by Gasteiger charge is 2.01. The Kier molecular flexibility index (Phi) is 2.50. The number of nitrogens with zero attached hydrogens (tertiary/aromatic N) is 2. The third kappa shape index (κ3) is 1.63. The molecule has 72 valence electrons. The van der Waals surface area contributed by atoms with E-state index in [0.717, 1.165) is 23.3 Å². The molecule has 1 aromatic carbocycles. The average Bonchev–Trinajstić information content (AvgIpc) is 2.18. The van der Waals surface area contributed by atoms with E-state index in [1.807, 2.05) is 25.1 Å². The molecule has 1 N–H and O–H groups in total. The molecule has 3 nitrogen and oxygen atoms in total. The van der Waals surface area contributed by atoms with Crippen LogP contribution >= 0.6 is 11.6 Å². The van der Waals surface area contributed by atoms with E-state index in [2.05, 4.69) is 15.3 Å². The first kappa shape index (κ1) is 9.21. The number of fused-ring (bicyclic) bond motifs is 1. The van der Waals surface area contributed by atoms with Gasteiger partial charge in [-0.1, -0.05) is 11.6 Å². The molecule has 1 aromatic heterocycles. The van der Waals surface area contributed by atoms with E-state index in [1.165, 1.54) is 6.33 Å². The highest BCUT2D eigenvalue weighted by molar-refractivity contribution is 6.31. The van der Waals surface area contributed by atoms with Crippen LogP contribution in [0.3, 0.4) is 0 Å². The Morgan fingerprint density at radius 1 is 1.36 bits per heavy atom. The summed E-state index contributed by atoms with van der Waals surface area (Å²) >= 11 is 5.87. The van der Waals surface area contributed by atoms with Gasteiger partial charge in [-0.05, 0) is 25.1 Å². The molecule has 0 spiro atoms. The summed E-state index contributed by atoms with van der Waals surface area (Å²) in [5.41, 5.74) is 0.864. The first-order chi connectivity index (χ1) is 6.81. The van der Waals surface area contributed by atoms with Gasteiger partial charge in [0.05, 0.1) is 5.52 Å².